The zero-order valence-corrected chi connectivity index (χ0v) is 13.9. The molecule has 1 fully saturated rings. The van der Waals surface area contributed by atoms with Gasteiger partial charge in [-0.25, -0.2) is 0 Å². The quantitative estimate of drug-likeness (QED) is 0.925. The minimum atomic E-state index is 0.179. The molecule has 2 aliphatic rings. The van der Waals surface area contributed by atoms with E-state index in [4.69, 9.17) is 9.72 Å². The lowest BCUT2D eigenvalue weighted by Gasteiger charge is -2.31. The molecule has 7 heteroatoms. The minimum absolute atomic E-state index is 0.179. The maximum absolute atomic E-state index is 5.43. The molecule has 1 aromatic heterocycles. The third-order valence-corrected chi connectivity index (χ3v) is 4.55. The summed E-state index contributed by atoms with van der Waals surface area (Å²) in [4.78, 5) is 13.7. The van der Waals surface area contributed by atoms with E-state index in [0.29, 0.717) is 5.95 Å². The zero-order valence-electron chi connectivity index (χ0n) is 13.9. The number of anilines is 1. The standard InChI is InChI=1S/C17H22N6O/c1-13(14-5-3-2-4-6-14)15-19-16(21-20-15)23-8-7-18-17(23)22-9-11-24-12-10-22/h2-6,13H,7-12H2,1H3,(H,19,20,21). The molecule has 3 heterocycles. The Bertz CT molecular complexity index is 707. The van der Waals surface area contributed by atoms with Gasteiger partial charge in [-0.05, 0) is 5.56 Å². The van der Waals surface area contributed by atoms with Crippen molar-refractivity contribution in [3.05, 3.63) is 41.7 Å². The van der Waals surface area contributed by atoms with E-state index >= 15 is 0 Å². The molecule has 0 radical (unpaired) electrons. The van der Waals surface area contributed by atoms with Crippen molar-refractivity contribution in [3.63, 3.8) is 0 Å². The van der Waals surface area contributed by atoms with E-state index in [1.54, 1.807) is 0 Å². The second kappa shape index (κ2) is 6.60. The van der Waals surface area contributed by atoms with Gasteiger partial charge in [0, 0.05) is 25.6 Å². The Balaban J connectivity index is 1.53. The molecule has 0 bridgehead atoms. The molecule has 0 amide bonds. The Morgan fingerprint density at radius 3 is 2.71 bits per heavy atom. The number of guanidine groups is 1. The molecule has 2 aliphatic heterocycles. The third-order valence-electron chi connectivity index (χ3n) is 4.55. The fourth-order valence-corrected chi connectivity index (χ4v) is 3.14. The van der Waals surface area contributed by atoms with Crippen LogP contribution in [0.2, 0.25) is 0 Å². The molecule has 2 aromatic rings. The first kappa shape index (κ1) is 15.1. The van der Waals surface area contributed by atoms with Crippen LogP contribution in [0.3, 0.4) is 0 Å². The van der Waals surface area contributed by atoms with Crippen LogP contribution in [0.25, 0.3) is 0 Å². The van der Waals surface area contributed by atoms with Gasteiger partial charge in [0.25, 0.3) is 5.95 Å². The Kier molecular flexibility index (Phi) is 4.17. The summed E-state index contributed by atoms with van der Waals surface area (Å²) in [5.41, 5.74) is 1.23. The summed E-state index contributed by atoms with van der Waals surface area (Å²) in [6.45, 7) is 6.98. The summed E-state index contributed by atoms with van der Waals surface area (Å²) in [6, 6.07) is 10.4. The van der Waals surface area contributed by atoms with E-state index in [-0.39, 0.29) is 5.92 Å². The molecule has 4 rings (SSSR count). The molecule has 0 saturated carbocycles. The highest BCUT2D eigenvalue weighted by molar-refractivity contribution is 5.96. The van der Waals surface area contributed by atoms with E-state index < -0.39 is 0 Å². The van der Waals surface area contributed by atoms with E-state index in [9.17, 15) is 0 Å². The molecule has 1 unspecified atom stereocenters. The predicted molar refractivity (Wildman–Crippen MR) is 92.4 cm³/mol. The summed E-state index contributed by atoms with van der Waals surface area (Å²) in [5, 5.41) is 7.54. The highest BCUT2D eigenvalue weighted by Crippen LogP contribution is 2.23. The number of aliphatic imine (C=N–C) groups is 1. The van der Waals surface area contributed by atoms with Crippen molar-refractivity contribution < 1.29 is 4.74 Å². The monoisotopic (exact) mass is 326 g/mol. The van der Waals surface area contributed by atoms with Crippen molar-refractivity contribution in [2.45, 2.75) is 12.8 Å². The molecular weight excluding hydrogens is 304 g/mol. The van der Waals surface area contributed by atoms with E-state index in [1.165, 1.54) is 5.56 Å². The van der Waals surface area contributed by atoms with Crippen molar-refractivity contribution in [1.29, 1.82) is 0 Å². The van der Waals surface area contributed by atoms with Crippen LogP contribution >= 0.6 is 0 Å². The average molecular weight is 326 g/mol. The Hall–Kier alpha value is -2.41. The lowest BCUT2D eigenvalue weighted by molar-refractivity contribution is 0.0675. The number of H-pyrrole nitrogens is 1. The van der Waals surface area contributed by atoms with Gasteiger partial charge in [0.1, 0.15) is 5.82 Å². The number of morpholine rings is 1. The topological polar surface area (TPSA) is 69.6 Å². The van der Waals surface area contributed by atoms with E-state index in [2.05, 4.69) is 44.0 Å². The molecule has 1 saturated heterocycles. The fraction of sp³-hybridized carbons (Fsp3) is 0.471. The van der Waals surface area contributed by atoms with Gasteiger partial charge in [-0.15, -0.1) is 5.10 Å². The lowest BCUT2D eigenvalue weighted by atomic mass is 10.0. The summed E-state index contributed by atoms with van der Waals surface area (Å²) in [7, 11) is 0. The SMILES string of the molecule is CC(c1ccccc1)c1nc(N2CCN=C2N2CCOCC2)n[nH]1. The molecule has 24 heavy (non-hydrogen) atoms. The number of nitrogens with one attached hydrogen (secondary N) is 1. The molecule has 1 aromatic carbocycles. The number of benzene rings is 1. The van der Waals surface area contributed by atoms with Gasteiger partial charge in [-0.2, -0.15) is 4.98 Å². The summed E-state index contributed by atoms with van der Waals surface area (Å²) in [5.74, 6) is 2.73. The van der Waals surface area contributed by atoms with E-state index in [0.717, 1.165) is 51.2 Å². The number of hydrogen-bond acceptors (Lipinski definition) is 6. The molecule has 126 valence electrons. The first-order valence-electron chi connectivity index (χ1n) is 8.45. The van der Waals surface area contributed by atoms with Crippen LogP contribution in [-0.2, 0) is 4.74 Å². The van der Waals surface area contributed by atoms with Gasteiger partial charge in [0.15, 0.2) is 0 Å². The number of ether oxygens (including phenoxy) is 1. The smallest absolute Gasteiger partial charge is 0.251 e. The molecule has 0 spiro atoms. The lowest BCUT2D eigenvalue weighted by Crippen LogP contribution is -2.47. The van der Waals surface area contributed by atoms with Crippen LogP contribution in [-0.4, -0.2) is 65.4 Å². The highest BCUT2D eigenvalue weighted by Gasteiger charge is 2.28. The van der Waals surface area contributed by atoms with Crippen LogP contribution in [0, 0.1) is 0 Å². The van der Waals surface area contributed by atoms with Gasteiger partial charge in [0.2, 0.25) is 5.96 Å². The molecular formula is C17H22N6O. The predicted octanol–water partition coefficient (Wildman–Crippen LogP) is 1.46. The Labute approximate surface area is 141 Å². The normalized spacial score (nSPS) is 19.5. The van der Waals surface area contributed by atoms with Crippen molar-refractivity contribution in [2.24, 2.45) is 4.99 Å². The maximum atomic E-state index is 5.43. The minimum Gasteiger partial charge on any atom is -0.378 e. The number of aromatic amines is 1. The van der Waals surface area contributed by atoms with Crippen LogP contribution < -0.4 is 4.90 Å². The van der Waals surface area contributed by atoms with E-state index in [1.807, 2.05) is 18.2 Å². The number of nitrogens with zero attached hydrogens (tertiary/aromatic N) is 5. The number of hydrogen-bond donors (Lipinski definition) is 1. The van der Waals surface area contributed by atoms with Crippen LogP contribution in [0.4, 0.5) is 5.95 Å². The Morgan fingerprint density at radius 1 is 1.12 bits per heavy atom. The fourth-order valence-electron chi connectivity index (χ4n) is 3.14. The van der Waals surface area contributed by atoms with Gasteiger partial charge >= 0.3 is 0 Å². The van der Waals surface area contributed by atoms with Gasteiger partial charge < -0.3 is 9.64 Å². The summed E-state index contributed by atoms with van der Waals surface area (Å²) in [6.07, 6.45) is 0. The van der Waals surface area contributed by atoms with Gasteiger partial charge in [-0.1, -0.05) is 37.3 Å². The van der Waals surface area contributed by atoms with Crippen molar-refractivity contribution in [2.75, 3.05) is 44.3 Å². The van der Waals surface area contributed by atoms with Crippen LogP contribution in [0.5, 0.6) is 0 Å². The molecule has 1 atom stereocenters. The molecule has 7 nitrogen and oxygen atoms in total. The third kappa shape index (κ3) is 2.87. The van der Waals surface area contributed by atoms with Crippen molar-refractivity contribution >= 4 is 11.9 Å². The summed E-state index contributed by atoms with van der Waals surface area (Å²) >= 11 is 0. The number of aromatic nitrogens is 3. The van der Waals surface area contributed by atoms with Crippen LogP contribution in [0.1, 0.15) is 24.2 Å². The zero-order chi connectivity index (χ0) is 16.4. The number of rotatable bonds is 3. The van der Waals surface area contributed by atoms with Crippen LogP contribution in [0.15, 0.2) is 35.3 Å². The average Bonchev–Trinajstić information content (AvgIpc) is 3.32. The largest absolute Gasteiger partial charge is 0.378 e. The van der Waals surface area contributed by atoms with Crippen molar-refractivity contribution in [1.82, 2.24) is 20.1 Å². The van der Waals surface area contributed by atoms with Crippen molar-refractivity contribution in [3.8, 4) is 0 Å². The first-order chi connectivity index (χ1) is 11.8. The summed E-state index contributed by atoms with van der Waals surface area (Å²) < 4.78 is 5.43. The highest BCUT2D eigenvalue weighted by atomic mass is 16.5. The van der Waals surface area contributed by atoms with Gasteiger partial charge in [0.05, 0.1) is 19.8 Å². The Morgan fingerprint density at radius 2 is 1.92 bits per heavy atom. The molecule has 1 N–H and O–H groups in total. The molecule has 0 aliphatic carbocycles. The second-order valence-electron chi connectivity index (χ2n) is 6.09. The maximum Gasteiger partial charge on any atom is 0.251 e. The van der Waals surface area contributed by atoms with Gasteiger partial charge in [-0.3, -0.25) is 15.0 Å². The first-order valence-corrected chi connectivity index (χ1v) is 8.45. The second-order valence-corrected chi connectivity index (χ2v) is 6.09.